The number of amides is 1. The molecule has 1 aliphatic heterocycles. The number of carbonyl (C=O) groups excluding carboxylic acids is 2. The fourth-order valence-corrected chi connectivity index (χ4v) is 3.27. The lowest BCUT2D eigenvalue weighted by Gasteiger charge is -2.34. The molecule has 7 heteroatoms. The Morgan fingerprint density at radius 3 is 2.58 bits per heavy atom. The van der Waals surface area contributed by atoms with Gasteiger partial charge in [0.05, 0.1) is 31.4 Å². The molecular weight excluding hydrogens is 356 g/mol. The Hall–Kier alpha value is -1.79. The molecule has 0 unspecified atom stereocenters. The first-order chi connectivity index (χ1) is 12.4. The van der Waals surface area contributed by atoms with Gasteiger partial charge in [0.15, 0.2) is 0 Å². The number of methoxy groups -OCH3 is 1. The summed E-state index contributed by atoms with van der Waals surface area (Å²) in [5.74, 6) is 0.216. The second-order valence-corrected chi connectivity index (χ2v) is 6.94. The van der Waals surface area contributed by atoms with Crippen molar-refractivity contribution in [1.82, 2.24) is 4.90 Å². The molecule has 1 aromatic carbocycles. The molecule has 1 saturated heterocycles. The van der Waals surface area contributed by atoms with Crippen molar-refractivity contribution in [3.8, 4) is 5.75 Å². The number of piperidine rings is 1. The number of ether oxygens (including phenoxy) is 2. The molecule has 1 amide bonds. The summed E-state index contributed by atoms with van der Waals surface area (Å²) in [5.41, 5.74) is 1.47. The summed E-state index contributed by atoms with van der Waals surface area (Å²) in [7, 11) is 1.54. The number of aryl methyl sites for hydroxylation is 1. The zero-order chi connectivity index (χ0) is 19.3. The SMILES string of the molecule is CCOC(=O)C1CCN([C@@H](C)C(=O)Nc2cc(C)c(Cl)cc2OC)CC1. The van der Waals surface area contributed by atoms with E-state index < -0.39 is 0 Å². The molecule has 1 N–H and O–H groups in total. The number of benzene rings is 1. The van der Waals surface area contributed by atoms with E-state index in [1.165, 1.54) is 0 Å². The number of hydrogen-bond donors (Lipinski definition) is 1. The van der Waals surface area contributed by atoms with Crippen LogP contribution in [0.15, 0.2) is 12.1 Å². The number of nitrogens with zero attached hydrogens (tertiary/aromatic N) is 1. The fourth-order valence-electron chi connectivity index (χ4n) is 3.12. The van der Waals surface area contributed by atoms with E-state index in [2.05, 4.69) is 10.2 Å². The number of nitrogens with one attached hydrogen (secondary N) is 1. The predicted molar refractivity (Wildman–Crippen MR) is 102 cm³/mol. The number of halogens is 1. The van der Waals surface area contributed by atoms with Gasteiger partial charge in [-0.05, 0) is 58.3 Å². The summed E-state index contributed by atoms with van der Waals surface area (Å²) in [6.45, 7) is 7.34. The molecule has 6 nitrogen and oxygen atoms in total. The highest BCUT2D eigenvalue weighted by Crippen LogP contribution is 2.31. The molecule has 1 heterocycles. The van der Waals surface area contributed by atoms with Crippen LogP contribution in [-0.2, 0) is 14.3 Å². The smallest absolute Gasteiger partial charge is 0.309 e. The molecule has 0 bridgehead atoms. The van der Waals surface area contributed by atoms with Crippen LogP contribution in [0.1, 0.15) is 32.3 Å². The minimum Gasteiger partial charge on any atom is -0.495 e. The van der Waals surface area contributed by atoms with E-state index in [-0.39, 0.29) is 23.8 Å². The maximum absolute atomic E-state index is 12.7. The molecule has 0 saturated carbocycles. The van der Waals surface area contributed by atoms with Gasteiger partial charge in [0, 0.05) is 11.1 Å². The van der Waals surface area contributed by atoms with Crippen molar-refractivity contribution >= 4 is 29.2 Å². The average molecular weight is 383 g/mol. The highest BCUT2D eigenvalue weighted by molar-refractivity contribution is 6.31. The molecule has 1 atom stereocenters. The third kappa shape index (κ3) is 4.89. The minimum absolute atomic E-state index is 0.0690. The zero-order valence-electron chi connectivity index (χ0n) is 15.8. The molecule has 0 spiro atoms. The number of hydrogen-bond acceptors (Lipinski definition) is 5. The Balaban J connectivity index is 1.97. The predicted octanol–water partition coefficient (Wildman–Crippen LogP) is 3.26. The maximum atomic E-state index is 12.7. The molecular formula is C19H27ClN2O4. The Morgan fingerprint density at radius 1 is 1.35 bits per heavy atom. The van der Waals surface area contributed by atoms with Gasteiger partial charge in [0.2, 0.25) is 5.91 Å². The van der Waals surface area contributed by atoms with E-state index in [0.717, 1.165) is 5.56 Å². The molecule has 0 aliphatic carbocycles. The molecule has 0 radical (unpaired) electrons. The lowest BCUT2D eigenvalue weighted by molar-refractivity contribution is -0.149. The zero-order valence-corrected chi connectivity index (χ0v) is 16.6. The Labute approximate surface area is 159 Å². The van der Waals surface area contributed by atoms with Crippen molar-refractivity contribution in [1.29, 1.82) is 0 Å². The van der Waals surface area contributed by atoms with Crippen LogP contribution in [0.3, 0.4) is 0 Å². The molecule has 1 aliphatic rings. The Morgan fingerprint density at radius 2 is 2.00 bits per heavy atom. The second-order valence-electron chi connectivity index (χ2n) is 6.53. The minimum atomic E-state index is -0.307. The van der Waals surface area contributed by atoms with Crippen LogP contribution in [-0.4, -0.2) is 49.6 Å². The van der Waals surface area contributed by atoms with Gasteiger partial charge < -0.3 is 14.8 Å². The normalized spacial score (nSPS) is 16.8. The van der Waals surface area contributed by atoms with Crippen molar-refractivity contribution in [2.75, 3.05) is 32.1 Å². The lowest BCUT2D eigenvalue weighted by Crippen LogP contribution is -2.47. The Bertz CT molecular complexity index is 657. The molecule has 0 aromatic heterocycles. The quantitative estimate of drug-likeness (QED) is 0.765. The topological polar surface area (TPSA) is 67.9 Å². The number of anilines is 1. The summed E-state index contributed by atoms with van der Waals surface area (Å²) in [6.07, 6.45) is 1.42. The van der Waals surface area contributed by atoms with Gasteiger partial charge in [-0.1, -0.05) is 11.6 Å². The first-order valence-corrected chi connectivity index (χ1v) is 9.30. The first kappa shape index (κ1) is 20.5. The third-order valence-corrected chi connectivity index (χ3v) is 5.22. The molecule has 2 rings (SSSR count). The highest BCUT2D eigenvalue weighted by atomic mass is 35.5. The van der Waals surface area contributed by atoms with Crippen molar-refractivity contribution in [2.45, 2.75) is 39.7 Å². The lowest BCUT2D eigenvalue weighted by atomic mass is 9.96. The summed E-state index contributed by atoms with van der Waals surface area (Å²) >= 11 is 6.11. The van der Waals surface area contributed by atoms with E-state index in [0.29, 0.717) is 49.0 Å². The van der Waals surface area contributed by atoms with Crippen LogP contribution in [0.2, 0.25) is 5.02 Å². The molecule has 144 valence electrons. The van der Waals surface area contributed by atoms with Crippen LogP contribution >= 0.6 is 11.6 Å². The standard InChI is InChI=1S/C19H27ClN2O4/c1-5-26-19(24)14-6-8-22(9-7-14)13(3)18(23)21-16-10-12(2)15(20)11-17(16)25-4/h10-11,13-14H,5-9H2,1-4H3,(H,21,23)/t13-/m0/s1. The van der Waals surface area contributed by atoms with E-state index in [1.54, 1.807) is 19.2 Å². The third-order valence-electron chi connectivity index (χ3n) is 4.82. The number of carbonyl (C=O) groups is 2. The van der Waals surface area contributed by atoms with E-state index >= 15 is 0 Å². The molecule has 1 fully saturated rings. The van der Waals surface area contributed by atoms with Crippen LogP contribution in [0.4, 0.5) is 5.69 Å². The van der Waals surface area contributed by atoms with E-state index in [9.17, 15) is 9.59 Å². The maximum Gasteiger partial charge on any atom is 0.309 e. The van der Waals surface area contributed by atoms with Gasteiger partial charge in [-0.2, -0.15) is 0 Å². The van der Waals surface area contributed by atoms with Gasteiger partial charge in [0.25, 0.3) is 0 Å². The number of esters is 1. The van der Waals surface area contributed by atoms with Crippen molar-refractivity contribution in [2.24, 2.45) is 5.92 Å². The van der Waals surface area contributed by atoms with Gasteiger partial charge >= 0.3 is 5.97 Å². The number of likely N-dealkylation sites (tertiary alicyclic amines) is 1. The average Bonchev–Trinajstić information content (AvgIpc) is 2.64. The fraction of sp³-hybridized carbons (Fsp3) is 0.579. The van der Waals surface area contributed by atoms with Gasteiger partial charge in [0.1, 0.15) is 5.75 Å². The largest absolute Gasteiger partial charge is 0.495 e. The first-order valence-electron chi connectivity index (χ1n) is 8.93. The van der Waals surface area contributed by atoms with Gasteiger partial charge in [-0.25, -0.2) is 0 Å². The number of rotatable bonds is 6. The van der Waals surface area contributed by atoms with Crippen LogP contribution in [0.5, 0.6) is 5.75 Å². The van der Waals surface area contributed by atoms with E-state index in [1.807, 2.05) is 20.8 Å². The summed E-state index contributed by atoms with van der Waals surface area (Å²) < 4.78 is 10.4. The van der Waals surface area contributed by atoms with Crippen LogP contribution in [0.25, 0.3) is 0 Å². The summed E-state index contributed by atoms with van der Waals surface area (Å²) in [5, 5.41) is 3.52. The Kier molecular flexibility index (Phi) is 7.29. The monoisotopic (exact) mass is 382 g/mol. The van der Waals surface area contributed by atoms with Crippen molar-refractivity contribution in [3.63, 3.8) is 0 Å². The van der Waals surface area contributed by atoms with Crippen molar-refractivity contribution < 1.29 is 19.1 Å². The van der Waals surface area contributed by atoms with Crippen LogP contribution < -0.4 is 10.1 Å². The van der Waals surface area contributed by atoms with Crippen LogP contribution in [0, 0.1) is 12.8 Å². The second kappa shape index (κ2) is 9.24. The molecule has 26 heavy (non-hydrogen) atoms. The summed E-state index contributed by atoms with van der Waals surface area (Å²) in [4.78, 5) is 26.6. The highest BCUT2D eigenvalue weighted by Gasteiger charge is 2.30. The molecule has 1 aromatic rings. The summed E-state index contributed by atoms with van der Waals surface area (Å²) in [6, 6.07) is 3.19. The van der Waals surface area contributed by atoms with E-state index in [4.69, 9.17) is 21.1 Å². The van der Waals surface area contributed by atoms with Gasteiger partial charge in [-0.15, -0.1) is 0 Å². The van der Waals surface area contributed by atoms with Crippen molar-refractivity contribution in [3.05, 3.63) is 22.7 Å². The van der Waals surface area contributed by atoms with Gasteiger partial charge in [-0.3, -0.25) is 14.5 Å².